The largest absolute Gasteiger partial charge is 0.482 e. The van der Waals surface area contributed by atoms with Crippen LogP contribution in [-0.2, 0) is 4.79 Å². The number of fused-ring (bicyclic) bond motifs is 1. The lowest BCUT2D eigenvalue weighted by Crippen LogP contribution is -2.25. The second-order valence-electron chi connectivity index (χ2n) is 6.20. The van der Waals surface area contributed by atoms with Crippen LogP contribution in [0.2, 0.25) is 5.02 Å². The van der Waals surface area contributed by atoms with Crippen LogP contribution in [-0.4, -0.2) is 34.1 Å². The smallest absolute Gasteiger partial charge is 0.262 e. The van der Waals surface area contributed by atoms with Gasteiger partial charge in [0.2, 0.25) is 0 Å². The van der Waals surface area contributed by atoms with E-state index >= 15 is 0 Å². The van der Waals surface area contributed by atoms with E-state index in [1.165, 1.54) is 17.1 Å². The third-order valence-electron chi connectivity index (χ3n) is 4.20. The molecule has 0 radical (unpaired) electrons. The predicted molar refractivity (Wildman–Crippen MR) is 106 cm³/mol. The number of anilines is 2. The summed E-state index contributed by atoms with van der Waals surface area (Å²) in [6.07, 6.45) is 2.80. The van der Waals surface area contributed by atoms with Crippen molar-refractivity contribution in [2.24, 2.45) is 5.73 Å². The van der Waals surface area contributed by atoms with Crippen LogP contribution in [0.15, 0.2) is 48.8 Å². The first-order chi connectivity index (χ1) is 13.9. The lowest BCUT2D eigenvalue weighted by atomic mass is 10.1. The molecule has 4 rings (SSSR count). The molecule has 3 amide bonds. The first-order valence-corrected chi connectivity index (χ1v) is 8.81. The van der Waals surface area contributed by atoms with Crippen LogP contribution in [0.3, 0.4) is 0 Å². The molecule has 0 spiro atoms. The maximum Gasteiger partial charge on any atom is 0.262 e. The Labute approximate surface area is 169 Å². The Kier molecular flexibility index (Phi) is 4.65. The van der Waals surface area contributed by atoms with Gasteiger partial charge in [-0.2, -0.15) is 5.10 Å². The van der Waals surface area contributed by atoms with Gasteiger partial charge in [-0.1, -0.05) is 11.6 Å². The van der Waals surface area contributed by atoms with Gasteiger partial charge in [-0.3, -0.25) is 14.4 Å². The number of carbonyl (C=O) groups is 3. The number of benzene rings is 2. The molecule has 29 heavy (non-hydrogen) atoms. The van der Waals surface area contributed by atoms with Crippen molar-refractivity contribution in [2.75, 3.05) is 17.2 Å². The van der Waals surface area contributed by atoms with Crippen molar-refractivity contribution in [1.29, 1.82) is 0 Å². The van der Waals surface area contributed by atoms with Gasteiger partial charge < -0.3 is 21.1 Å². The van der Waals surface area contributed by atoms with E-state index in [0.717, 1.165) is 0 Å². The minimum Gasteiger partial charge on any atom is -0.482 e. The molecule has 0 atom stereocenters. The highest BCUT2D eigenvalue weighted by molar-refractivity contribution is 6.34. The number of halogens is 1. The molecule has 9 nitrogen and oxygen atoms in total. The average Bonchev–Trinajstić information content (AvgIpc) is 3.19. The minimum absolute atomic E-state index is 0.0879. The molecule has 4 N–H and O–H groups in total. The lowest BCUT2D eigenvalue weighted by Gasteiger charge is -2.18. The highest BCUT2D eigenvalue weighted by atomic mass is 35.5. The van der Waals surface area contributed by atoms with Gasteiger partial charge in [0.05, 0.1) is 33.7 Å². The molecule has 0 fully saturated rings. The van der Waals surface area contributed by atoms with Gasteiger partial charge in [0.15, 0.2) is 6.61 Å². The number of carbonyl (C=O) groups excluding carboxylic acids is 3. The maximum atomic E-state index is 12.7. The van der Waals surface area contributed by atoms with Crippen molar-refractivity contribution in [3.63, 3.8) is 0 Å². The van der Waals surface area contributed by atoms with Crippen molar-refractivity contribution in [2.45, 2.75) is 0 Å². The summed E-state index contributed by atoms with van der Waals surface area (Å²) in [6.45, 7) is -0.0879. The van der Waals surface area contributed by atoms with Crippen LogP contribution < -0.4 is 21.1 Å². The molecule has 0 aliphatic carbocycles. The number of hydrogen-bond donors (Lipinski definition) is 3. The quantitative estimate of drug-likeness (QED) is 0.606. The minimum atomic E-state index is -0.603. The first kappa shape index (κ1) is 18.5. The third kappa shape index (κ3) is 3.76. The summed E-state index contributed by atoms with van der Waals surface area (Å²) in [6, 6.07) is 9.64. The van der Waals surface area contributed by atoms with Crippen molar-refractivity contribution >= 4 is 40.7 Å². The van der Waals surface area contributed by atoms with E-state index in [2.05, 4.69) is 15.7 Å². The van der Waals surface area contributed by atoms with Gasteiger partial charge >= 0.3 is 0 Å². The molecule has 1 aliphatic heterocycles. The number of rotatable bonds is 4. The zero-order valence-corrected chi connectivity index (χ0v) is 15.6. The highest BCUT2D eigenvalue weighted by Gasteiger charge is 2.18. The zero-order valence-electron chi connectivity index (χ0n) is 14.8. The fourth-order valence-electron chi connectivity index (χ4n) is 2.77. The van der Waals surface area contributed by atoms with Gasteiger partial charge in [-0.05, 0) is 30.3 Å². The predicted octanol–water partition coefficient (Wildman–Crippen LogP) is 2.21. The first-order valence-electron chi connectivity index (χ1n) is 8.43. The fraction of sp³-hybridized carbons (Fsp3) is 0.0526. The molecule has 2 aromatic carbocycles. The number of aromatic nitrogens is 2. The van der Waals surface area contributed by atoms with Crippen molar-refractivity contribution < 1.29 is 19.1 Å². The summed E-state index contributed by atoms with van der Waals surface area (Å²) >= 11 is 6.20. The zero-order chi connectivity index (χ0) is 20.5. The van der Waals surface area contributed by atoms with Crippen molar-refractivity contribution in [3.8, 4) is 11.4 Å². The van der Waals surface area contributed by atoms with Crippen LogP contribution >= 0.6 is 11.6 Å². The van der Waals surface area contributed by atoms with Crippen LogP contribution in [0.1, 0.15) is 20.7 Å². The van der Waals surface area contributed by atoms with Crippen LogP contribution in [0.25, 0.3) is 5.69 Å². The molecule has 3 aromatic rings. The Balaban J connectivity index is 1.58. The van der Waals surface area contributed by atoms with Gasteiger partial charge in [-0.25, -0.2) is 4.68 Å². The number of nitrogens with two attached hydrogens (primary N) is 1. The van der Waals surface area contributed by atoms with Gasteiger partial charge in [-0.15, -0.1) is 0 Å². The van der Waals surface area contributed by atoms with E-state index in [9.17, 15) is 14.4 Å². The number of amides is 3. The van der Waals surface area contributed by atoms with Crippen LogP contribution in [0.5, 0.6) is 5.75 Å². The van der Waals surface area contributed by atoms with Crippen LogP contribution in [0, 0.1) is 0 Å². The number of nitrogens with zero attached hydrogens (tertiary/aromatic N) is 2. The highest BCUT2D eigenvalue weighted by Crippen LogP contribution is 2.31. The summed E-state index contributed by atoms with van der Waals surface area (Å²) < 4.78 is 6.77. The van der Waals surface area contributed by atoms with Gasteiger partial charge in [0.25, 0.3) is 17.7 Å². The molecular weight excluding hydrogens is 398 g/mol. The summed E-state index contributed by atoms with van der Waals surface area (Å²) in [5.41, 5.74) is 7.23. The van der Waals surface area contributed by atoms with Crippen molar-refractivity contribution in [3.05, 3.63) is 64.9 Å². The molecular formula is C19H14ClN5O4. The summed E-state index contributed by atoms with van der Waals surface area (Å²) in [5, 5.41) is 9.73. The molecule has 2 heterocycles. The maximum absolute atomic E-state index is 12.7. The van der Waals surface area contributed by atoms with E-state index < -0.39 is 11.8 Å². The van der Waals surface area contributed by atoms with Crippen molar-refractivity contribution in [1.82, 2.24) is 9.78 Å². The summed E-state index contributed by atoms with van der Waals surface area (Å²) in [4.78, 5) is 35.3. The van der Waals surface area contributed by atoms with E-state index in [4.69, 9.17) is 22.1 Å². The molecule has 1 aromatic heterocycles. The molecule has 0 unspecified atom stereocenters. The standard InChI is InChI=1S/C19H14ClN5O4/c20-14-3-2-12(25-8-10(7-22-25)18(21)27)6-13(14)19(28)23-11-1-4-15-16(5-11)29-9-17(26)24-15/h1-8H,9H2,(H2,21,27)(H,23,28)(H,24,26). The Morgan fingerprint density at radius 2 is 2.07 bits per heavy atom. The number of ether oxygens (including phenoxy) is 1. The molecule has 146 valence electrons. The number of primary amides is 1. The second-order valence-corrected chi connectivity index (χ2v) is 6.61. The SMILES string of the molecule is NC(=O)c1cnn(-c2ccc(Cl)c(C(=O)Nc3ccc4c(c3)OCC(=O)N4)c2)c1. The Morgan fingerprint density at radius 1 is 1.24 bits per heavy atom. The van der Waals surface area contributed by atoms with E-state index in [1.807, 2.05) is 0 Å². The third-order valence-corrected chi connectivity index (χ3v) is 4.53. The van der Waals surface area contributed by atoms with E-state index in [-0.39, 0.29) is 28.7 Å². The second kappa shape index (κ2) is 7.28. The Bertz CT molecular complexity index is 1160. The fourth-order valence-corrected chi connectivity index (χ4v) is 2.98. The molecule has 10 heteroatoms. The molecule has 0 bridgehead atoms. The van der Waals surface area contributed by atoms with Crippen LogP contribution in [0.4, 0.5) is 11.4 Å². The molecule has 0 saturated carbocycles. The Hall–Kier alpha value is -3.85. The normalized spacial score (nSPS) is 12.5. The number of hydrogen-bond acceptors (Lipinski definition) is 5. The van der Waals surface area contributed by atoms with Gasteiger partial charge in [0.1, 0.15) is 5.75 Å². The monoisotopic (exact) mass is 411 g/mol. The lowest BCUT2D eigenvalue weighted by molar-refractivity contribution is -0.118. The molecule has 1 aliphatic rings. The van der Waals surface area contributed by atoms with Gasteiger partial charge in [0, 0.05) is 18.0 Å². The summed E-state index contributed by atoms with van der Waals surface area (Å²) in [5.74, 6) is -0.832. The Morgan fingerprint density at radius 3 is 2.83 bits per heavy atom. The summed E-state index contributed by atoms with van der Waals surface area (Å²) in [7, 11) is 0. The van der Waals surface area contributed by atoms with E-state index in [1.54, 1.807) is 36.4 Å². The number of nitrogens with one attached hydrogen (secondary N) is 2. The average molecular weight is 412 g/mol. The van der Waals surface area contributed by atoms with E-state index in [0.29, 0.717) is 22.8 Å². The molecule has 0 saturated heterocycles. The topological polar surface area (TPSA) is 128 Å².